The molecule has 1 aliphatic heterocycles. The number of esters is 1. The van der Waals surface area contributed by atoms with Crippen molar-refractivity contribution in [3.05, 3.63) is 46.6 Å². The number of furan rings is 1. The van der Waals surface area contributed by atoms with Gasteiger partial charge in [-0.05, 0) is 31.2 Å². The summed E-state index contributed by atoms with van der Waals surface area (Å²) in [5, 5.41) is 13.9. The summed E-state index contributed by atoms with van der Waals surface area (Å²) < 4.78 is 52.0. The zero-order valence-corrected chi connectivity index (χ0v) is 16.5. The molecule has 1 aromatic carbocycles. The van der Waals surface area contributed by atoms with Crippen LogP contribution in [0.5, 0.6) is 0 Å². The lowest BCUT2D eigenvalue weighted by molar-refractivity contribution is -0.294. The molecule has 1 aromatic heterocycles. The summed E-state index contributed by atoms with van der Waals surface area (Å²) in [4.78, 5) is 24.2. The van der Waals surface area contributed by atoms with Crippen molar-refractivity contribution in [2.24, 2.45) is 5.92 Å². The maximum Gasteiger partial charge on any atom is 0.437 e. The number of hydrogen-bond acceptors (Lipinski definition) is 5. The summed E-state index contributed by atoms with van der Waals surface area (Å²) in [6.45, 7) is 1.19. The zero-order chi connectivity index (χ0) is 21.4. The molecule has 1 saturated heterocycles. The number of hydrogen-bond donors (Lipinski definition) is 3. The number of halogens is 4. The minimum absolute atomic E-state index is 0.140. The molecule has 0 radical (unpaired) electrons. The standard InChI is InChI=1S/C18H16BrF3N2O5/c1-2-28-15(25)13-14(23-16(26)24-17(13,27)18(20,21)22)12-8-7-11(29-12)9-3-5-10(19)6-4-9/h3-8,13-14,27H,2H2,1H3,(H2,23,24,26). The van der Waals surface area contributed by atoms with Gasteiger partial charge in [0.25, 0.3) is 5.72 Å². The van der Waals surface area contributed by atoms with Crippen LogP contribution in [0.4, 0.5) is 18.0 Å². The van der Waals surface area contributed by atoms with Gasteiger partial charge in [0.1, 0.15) is 23.5 Å². The van der Waals surface area contributed by atoms with E-state index < -0.39 is 35.9 Å². The lowest BCUT2D eigenvalue weighted by Gasteiger charge is -2.43. The fraction of sp³-hybridized carbons (Fsp3) is 0.333. The molecule has 2 aromatic rings. The van der Waals surface area contributed by atoms with Crippen LogP contribution < -0.4 is 10.6 Å². The minimum Gasteiger partial charge on any atom is -0.466 e. The number of carbonyl (C=O) groups is 2. The number of rotatable bonds is 4. The van der Waals surface area contributed by atoms with Crippen molar-refractivity contribution in [1.29, 1.82) is 0 Å². The highest BCUT2D eigenvalue weighted by Crippen LogP contribution is 2.43. The highest BCUT2D eigenvalue weighted by Gasteiger charge is 2.67. The second kappa shape index (κ2) is 7.71. The molecule has 3 atom stereocenters. The molecule has 1 aliphatic rings. The van der Waals surface area contributed by atoms with Gasteiger partial charge in [-0.1, -0.05) is 28.1 Å². The Hall–Kier alpha value is -2.53. The van der Waals surface area contributed by atoms with Crippen molar-refractivity contribution in [2.75, 3.05) is 6.61 Å². The molecule has 11 heteroatoms. The Morgan fingerprint density at radius 3 is 2.52 bits per heavy atom. The van der Waals surface area contributed by atoms with Gasteiger partial charge in [0.15, 0.2) is 0 Å². The number of urea groups is 1. The first-order valence-electron chi connectivity index (χ1n) is 8.47. The summed E-state index contributed by atoms with van der Waals surface area (Å²) in [6.07, 6.45) is -5.35. The Morgan fingerprint density at radius 2 is 1.93 bits per heavy atom. The van der Waals surface area contributed by atoms with Gasteiger partial charge in [0, 0.05) is 10.0 Å². The van der Waals surface area contributed by atoms with Crippen LogP contribution >= 0.6 is 15.9 Å². The Labute approximate surface area is 171 Å². The number of benzene rings is 1. The van der Waals surface area contributed by atoms with Crippen molar-refractivity contribution < 1.29 is 37.0 Å². The molecule has 0 aliphatic carbocycles. The first kappa shape index (κ1) is 21.2. The van der Waals surface area contributed by atoms with E-state index in [0.29, 0.717) is 11.3 Å². The van der Waals surface area contributed by atoms with E-state index in [2.05, 4.69) is 21.2 Å². The van der Waals surface area contributed by atoms with E-state index in [4.69, 9.17) is 9.15 Å². The highest BCUT2D eigenvalue weighted by atomic mass is 79.9. The van der Waals surface area contributed by atoms with E-state index in [1.54, 1.807) is 24.3 Å². The Morgan fingerprint density at radius 1 is 1.28 bits per heavy atom. The molecule has 7 nitrogen and oxygen atoms in total. The molecule has 2 amide bonds. The van der Waals surface area contributed by atoms with Gasteiger partial charge in [-0.15, -0.1) is 0 Å². The smallest absolute Gasteiger partial charge is 0.437 e. The van der Waals surface area contributed by atoms with Crippen LogP contribution in [0.15, 0.2) is 45.3 Å². The molecule has 0 bridgehead atoms. The van der Waals surface area contributed by atoms with Gasteiger partial charge in [-0.3, -0.25) is 4.79 Å². The van der Waals surface area contributed by atoms with Crippen molar-refractivity contribution >= 4 is 27.9 Å². The van der Waals surface area contributed by atoms with Crippen LogP contribution in [-0.2, 0) is 9.53 Å². The fourth-order valence-corrected chi connectivity index (χ4v) is 3.33. The predicted octanol–water partition coefficient (Wildman–Crippen LogP) is 3.49. The van der Waals surface area contributed by atoms with E-state index >= 15 is 0 Å². The molecular formula is C18H16BrF3N2O5. The summed E-state index contributed by atoms with van der Waals surface area (Å²) in [7, 11) is 0. The van der Waals surface area contributed by atoms with E-state index in [9.17, 15) is 27.9 Å². The third-order valence-electron chi connectivity index (χ3n) is 4.41. The average molecular weight is 477 g/mol. The van der Waals surface area contributed by atoms with Crippen molar-refractivity contribution in [3.63, 3.8) is 0 Å². The zero-order valence-electron chi connectivity index (χ0n) is 14.9. The normalized spacial score (nSPS) is 24.6. The molecule has 1 fully saturated rings. The van der Waals surface area contributed by atoms with Gasteiger partial charge >= 0.3 is 18.2 Å². The summed E-state index contributed by atoms with van der Waals surface area (Å²) in [5.74, 6) is -3.41. The molecule has 3 rings (SSSR count). The van der Waals surface area contributed by atoms with Crippen molar-refractivity contribution in [3.8, 4) is 11.3 Å². The molecule has 2 heterocycles. The van der Waals surface area contributed by atoms with Gasteiger partial charge in [-0.25, -0.2) is 4.79 Å². The van der Waals surface area contributed by atoms with Crippen LogP contribution in [0.25, 0.3) is 11.3 Å². The van der Waals surface area contributed by atoms with E-state index in [0.717, 1.165) is 4.47 Å². The Kier molecular flexibility index (Phi) is 5.63. The topological polar surface area (TPSA) is 101 Å². The average Bonchev–Trinajstić information content (AvgIpc) is 3.11. The number of alkyl halides is 3. The largest absolute Gasteiger partial charge is 0.466 e. The van der Waals surface area contributed by atoms with Gasteiger partial charge in [0.2, 0.25) is 0 Å². The van der Waals surface area contributed by atoms with Crippen LogP contribution in [0.1, 0.15) is 18.7 Å². The van der Waals surface area contributed by atoms with E-state index in [1.165, 1.54) is 24.4 Å². The van der Waals surface area contributed by atoms with Crippen LogP contribution in [-0.4, -0.2) is 35.6 Å². The quantitative estimate of drug-likeness (QED) is 0.586. The second-order valence-corrected chi connectivity index (χ2v) is 7.19. The maximum atomic E-state index is 13.6. The highest BCUT2D eigenvalue weighted by molar-refractivity contribution is 9.10. The lowest BCUT2D eigenvalue weighted by Crippen LogP contribution is -2.73. The molecule has 0 spiro atoms. The molecule has 29 heavy (non-hydrogen) atoms. The van der Waals surface area contributed by atoms with Crippen LogP contribution in [0.3, 0.4) is 0 Å². The minimum atomic E-state index is -5.35. The third kappa shape index (κ3) is 3.97. The van der Waals surface area contributed by atoms with Gasteiger partial charge in [0.05, 0.1) is 6.61 Å². The predicted molar refractivity (Wildman–Crippen MR) is 97.4 cm³/mol. The number of aliphatic hydroxyl groups is 1. The Bertz CT molecular complexity index is 915. The number of ether oxygens (including phenoxy) is 1. The first-order valence-corrected chi connectivity index (χ1v) is 9.26. The fourth-order valence-electron chi connectivity index (χ4n) is 3.06. The Balaban J connectivity index is 2.04. The maximum absolute atomic E-state index is 13.6. The molecule has 3 N–H and O–H groups in total. The van der Waals surface area contributed by atoms with E-state index in [1.807, 2.05) is 0 Å². The number of nitrogens with one attached hydrogen (secondary N) is 2. The molecule has 0 saturated carbocycles. The van der Waals surface area contributed by atoms with Crippen molar-refractivity contribution in [2.45, 2.75) is 24.9 Å². The SMILES string of the molecule is CCOC(=O)C1C(c2ccc(-c3ccc(Br)cc3)o2)NC(=O)NC1(O)C(F)(F)F. The molecule has 156 valence electrons. The first-order chi connectivity index (χ1) is 13.6. The van der Waals surface area contributed by atoms with E-state index in [-0.39, 0.29) is 12.4 Å². The lowest BCUT2D eigenvalue weighted by atomic mass is 9.84. The van der Waals surface area contributed by atoms with Crippen molar-refractivity contribution in [1.82, 2.24) is 10.6 Å². The molecule has 3 unspecified atom stereocenters. The molecular weight excluding hydrogens is 461 g/mol. The number of amides is 2. The summed E-state index contributed by atoms with van der Waals surface area (Å²) in [6, 6.07) is 6.81. The van der Waals surface area contributed by atoms with Crippen LogP contribution in [0, 0.1) is 5.92 Å². The third-order valence-corrected chi connectivity index (χ3v) is 4.94. The second-order valence-electron chi connectivity index (χ2n) is 6.28. The number of carbonyl (C=O) groups excluding carboxylic acids is 2. The summed E-state index contributed by atoms with van der Waals surface area (Å²) in [5.41, 5.74) is -3.21. The monoisotopic (exact) mass is 476 g/mol. The summed E-state index contributed by atoms with van der Waals surface area (Å²) >= 11 is 3.29. The van der Waals surface area contributed by atoms with Gasteiger partial charge in [-0.2, -0.15) is 13.2 Å². The van der Waals surface area contributed by atoms with Gasteiger partial charge < -0.3 is 24.9 Å². The van der Waals surface area contributed by atoms with Crippen LogP contribution in [0.2, 0.25) is 0 Å².